The summed E-state index contributed by atoms with van der Waals surface area (Å²) in [6.45, 7) is 7.24. The van der Waals surface area contributed by atoms with E-state index in [2.05, 4.69) is 30.7 Å². The van der Waals surface area contributed by atoms with E-state index in [9.17, 15) is 0 Å². The van der Waals surface area contributed by atoms with Gasteiger partial charge in [0.25, 0.3) is 0 Å². The molecule has 0 aromatic rings. The van der Waals surface area contributed by atoms with Gasteiger partial charge in [0.2, 0.25) is 0 Å². The molecule has 0 amide bonds. The largest absolute Gasteiger partial charge is 0.353 e. The standard InChI is InChI=1S/C15H28N2O/c1-4-14-15(18-14)17(13-5-6-13)11(2)12-7-9-16(3)10-8-12/h11-15H,4-10H2,1-3H3. The summed E-state index contributed by atoms with van der Waals surface area (Å²) in [5, 5.41) is 0. The van der Waals surface area contributed by atoms with Crippen LogP contribution in [0.5, 0.6) is 0 Å². The molecule has 0 aromatic carbocycles. The Labute approximate surface area is 111 Å². The second kappa shape index (κ2) is 5.10. The lowest BCUT2D eigenvalue weighted by atomic mass is 9.89. The quantitative estimate of drug-likeness (QED) is 0.700. The molecule has 0 radical (unpaired) electrons. The monoisotopic (exact) mass is 252 g/mol. The van der Waals surface area contributed by atoms with Gasteiger partial charge in [0.15, 0.2) is 0 Å². The summed E-state index contributed by atoms with van der Waals surface area (Å²) >= 11 is 0. The lowest BCUT2D eigenvalue weighted by Gasteiger charge is -2.38. The number of epoxide rings is 1. The molecule has 18 heavy (non-hydrogen) atoms. The molecule has 2 saturated heterocycles. The van der Waals surface area contributed by atoms with Crippen molar-refractivity contribution in [2.75, 3.05) is 20.1 Å². The molecule has 3 fully saturated rings. The van der Waals surface area contributed by atoms with Crippen molar-refractivity contribution in [3.63, 3.8) is 0 Å². The molecule has 3 atom stereocenters. The fourth-order valence-corrected chi connectivity index (χ4v) is 3.59. The van der Waals surface area contributed by atoms with E-state index in [0.717, 1.165) is 12.0 Å². The average Bonchev–Trinajstić information content (AvgIpc) is 3.25. The highest BCUT2D eigenvalue weighted by Gasteiger charge is 2.50. The van der Waals surface area contributed by atoms with Gasteiger partial charge in [-0.25, -0.2) is 0 Å². The van der Waals surface area contributed by atoms with Crippen molar-refractivity contribution >= 4 is 0 Å². The van der Waals surface area contributed by atoms with Gasteiger partial charge in [0.05, 0.1) is 6.10 Å². The SMILES string of the molecule is CCC1OC1N(C1CC1)C(C)C1CCN(C)CC1. The van der Waals surface area contributed by atoms with Gasteiger partial charge in [-0.05, 0) is 65.1 Å². The summed E-state index contributed by atoms with van der Waals surface area (Å²) < 4.78 is 5.88. The summed E-state index contributed by atoms with van der Waals surface area (Å²) in [6.07, 6.45) is 7.68. The molecule has 1 aliphatic carbocycles. The molecule has 2 aliphatic heterocycles. The minimum atomic E-state index is 0.456. The molecule has 3 aliphatic rings. The van der Waals surface area contributed by atoms with Crippen LogP contribution < -0.4 is 0 Å². The van der Waals surface area contributed by atoms with Gasteiger partial charge in [-0.2, -0.15) is 0 Å². The van der Waals surface area contributed by atoms with E-state index in [-0.39, 0.29) is 0 Å². The second-order valence-corrected chi connectivity index (χ2v) is 6.53. The molecular formula is C15H28N2O. The first-order chi connectivity index (χ1) is 8.70. The van der Waals surface area contributed by atoms with Crippen molar-refractivity contribution in [3.05, 3.63) is 0 Å². The van der Waals surface area contributed by atoms with Crippen LogP contribution in [0.2, 0.25) is 0 Å². The fourth-order valence-electron chi connectivity index (χ4n) is 3.59. The third-order valence-corrected chi connectivity index (χ3v) is 5.14. The predicted molar refractivity (Wildman–Crippen MR) is 73.5 cm³/mol. The first-order valence-electron chi connectivity index (χ1n) is 7.82. The highest BCUT2D eigenvalue weighted by molar-refractivity contribution is 4.98. The molecule has 3 unspecified atom stereocenters. The van der Waals surface area contributed by atoms with Crippen LogP contribution in [0.25, 0.3) is 0 Å². The van der Waals surface area contributed by atoms with E-state index in [1.54, 1.807) is 0 Å². The van der Waals surface area contributed by atoms with Crippen molar-refractivity contribution in [1.82, 2.24) is 9.80 Å². The van der Waals surface area contributed by atoms with E-state index in [0.29, 0.717) is 18.4 Å². The Morgan fingerprint density at radius 2 is 1.89 bits per heavy atom. The van der Waals surface area contributed by atoms with Crippen LogP contribution in [0.3, 0.4) is 0 Å². The number of piperidine rings is 1. The lowest BCUT2D eigenvalue weighted by Crippen LogP contribution is -2.46. The van der Waals surface area contributed by atoms with Crippen molar-refractivity contribution in [3.8, 4) is 0 Å². The van der Waals surface area contributed by atoms with E-state index in [1.165, 1.54) is 45.2 Å². The maximum atomic E-state index is 5.88. The molecule has 104 valence electrons. The highest BCUT2D eigenvalue weighted by atomic mass is 16.6. The van der Waals surface area contributed by atoms with Crippen LogP contribution >= 0.6 is 0 Å². The van der Waals surface area contributed by atoms with E-state index < -0.39 is 0 Å². The summed E-state index contributed by atoms with van der Waals surface area (Å²) in [5.74, 6) is 0.878. The Hall–Kier alpha value is -0.120. The molecule has 1 saturated carbocycles. The van der Waals surface area contributed by atoms with Gasteiger partial charge < -0.3 is 9.64 Å². The zero-order chi connectivity index (χ0) is 12.7. The zero-order valence-corrected chi connectivity index (χ0v) is 12.1. The topological polar surface area (TPSA) is 19.0 Å². The molecular weight excluding hydrogens is 224 g/mol. The number of rotatable bonds is 5. The molecule has 0 bridgehead atoms. The maximum absolute atomic E-state index is 5.88. The smallest absolute Gasteiger partial charge is 0.138 e. The Kier molecular flexibility index (Phi) is 3.65. The minimum Gasteiger partial charge on any atom is -0.353 e. The zero-order valence-electron chi connectivity index (χ0n) is 12.1. The van der Waals surface area contributed by atoms with Crippen LogP contribution in [0.15, 0.2) is 0 Å². The average molecular weight is 252 g/mol. The number of hydrogen-bond acceptors (Lipinski definition) is 3. The van der Waals surface area contributed by atoms with Gasteiger partial charge in [0.1, 0.15) is 6.23 Å². The van der Waals surface area contributed by atoms with Crippen molar-refractivity contribution in [1.29, 1.82) is 0 Å². The minimum absolute atomic E-state index is 0.456. The van der Waals surface area contributed by atoms with E-state index >= 15 is 0 Å². The molecule has 0 N–H and O–H groups in total. The van der Waals surface area contributed by atoms with E-state index in [1.807, 2.05) is 0 Å². The normalized spacial score (nSPS) is 36.0. The summed E-state index contributed by atoms with van der Waals surface area (Å²) in [5.41, 5.74) is 0. The van der Waals surface area contributed by atoms with Gasteiger partial charge in [-0.1, -0.05) is 6.92 Å². The van der Waals surface area contributed by atoms with Crippen LogP contribution in [-0.2, 0) is 4.74 Å². The summed E-state index contributed by atoms with van der Waals surface area (Å²) in [6, 6.07) is 1.55. The van der Waals surface area contributed by atoms with Gasteiger partial charge in [-0.15, -0.1) is 0 Å². The molecule has 3 nitrogen and oxygen atoms in total. The number of likely N-dealkylation sites (tertiary alicyclic amines) is 1. The second-order valence-electron chi connectivity index (χ2n) is 6.53. The molecule has 2 heterocycles. The van der Waals surface area contributed by atoms with Gasteiger partial charge in [-0.3, -0.25) is 4.90 Å². The van der Waals surface area contributed by atoms with E-state index in [4.69, 9.17) is 4.74 Å². The molecule has 0 spiro atoms. The molecule has 3 rings (SSSR count). The Balaban J connectivity index is 1.60. The first-order valence-corrected chi connectivity index (χ1v) is 7.82. The first kappa shape index (κ1) is 12.9. The van der Waals surface area contributed by atoms with Crippen molar-refractivity contribution in [2.45, 2.75) is 70.4 Å². The summed E-state index contributed by atoms with van der Waals surface area (Å²) in [4.78, 5) is 5.19. The third kappa shape index (κ3) is 2.59. The number of hydrogen-bond donors (Lipinski definition) is 0. The predicted octanol–water partition coefficient (Wildman–Crippen LogP) is 2.32. The third-order valence-electron chi connectivity index (χ3n) is 5.14. The van der Waals surface area contributed by atoms with Gasteiger partial charge in [0, 0.05) is 12.1 Å². The highest BCUT2D eigenvalue weighted by Crippen LogP contribution is 2.41. The Bertz CT molecular complexity index is 284. The maximum Gasteiger partial charge on any atom is 0.138 e. The van der Waals surface area contributed by atoms with Gasteiger partial charge >= 0.3 is 0 Å². The van der Waals surface area contributed by atoms with Crippen molar-refractivity contribution < 1.29 is 4.74 Å². The van der Waals surface area contributed by atoms with Crippen LogP contribution in [0, 0.1) is 5.92 Å². The number of ether oxygens (including phenoxy) is 1. The molecule has 0 aromatic heterocycles. The fraction of sp³-hybridized carbons (Fsp3) is 1.00. The van der Waals surface area contributed by atoms with Crippen molar-refractivity contribution in [2.24, 2.45) is 5.92 Å². The Morgan fingerprint density at radius 1 is 1.22 bits per heavy atom. The molecule has 3 heteroatoms. The van der Waals surface area contributed by atoms with Crippen LogP contribution in [0.1, 0.15) is 46.0 Å². The Morgan fingerprint density at radius 3 is 2.39 bits per heavy atom. The summed E-state index contributed by atoms with van der Waals surface area (Å²) in [7, 11) is 2.25. The number of nitrogens with zero attached hydrogens (tertiary/aromatic N) is 2. The van der Waals surface area contributed by atoms with Crippen LogP contribution in [0.4, 0.5) is 0 Å². The lowest BCUT2D eigenvalue weighted by molar-refractivity contribution is 0.0608. The van der Waals surface area contributed by atoms with Crippen LogP contribution in [-0.4, -0.2) is 54.4 Å².